The molecule has 0 radical (unpaired) electrons. The van der Waals surface area contributed by atoms with E-state index in [-0.39, 0.29) is 5.75 Å². The summed E-state index contributed by atoms with van der Waals surface area (Å²) in [6.07, 6.45) is 1.51. The van der Waals surface area contributed by atoms with Gasteiger partial charge in [0.2, 0.25) is 0 Å². The molecule has 0 saturated heterocycles. The molecule has 5 aromatic rings. The molecule has 2 aromatic heterocycles. The number of methoxy groups -OCH3 is 1. The Bertz CT molecular complexity index is 1520. The van der Waals surface area contributed by atoms with Crippen LogP contribution in [-0.4, -0.2) is 22.2 Å². The van der Waals surface area contributed by atoms with Crippen molar-refractivity contribution in [1.82, 2.24) is 9.97 Å². The maximum absolute atomic E-state index is 9.95. The van der Waals surface area contributed by atoms with Gasteiger partial charge in [-0.05, 0) is 55.0 Å². The Morgan fingerprint density at radius 2 is 1.84 bits per heavy atom. The fourth-order valence-electron chi connectivity index (χ4n) is 3.55. The number of anilines is 1. The van der Waals surface area contributed by atoms with E-state index in [2.05, 4.69) is 20.5 Å². The van der Waals surface area contributed by atoms with E-state index < -0.39 is 0 Å². The van der Waals surface area contributed by atoms with Crippen molar-refractivity contribution in [2.45, 2.75) is 6.92 Å². The summed E-state index contributed by atoms with van der Waals surface area (Å²) >= 11 is 0. The number of aryl methyl sites for hydroxylation is 1. The highest BCUT2D eigenvalue weighted by Crippen LogP contribution is 2.32. The molecular formula is C25H20N4O3. The van der Waals surface area contributed by atoms with Crippen LogP contribution in [0.1, 0.15) is 5.56 Å². The maximum atomic E-state index is 9.95. The van der Waals surface area contributed by atoms with Gasteiger partial charge in [0.1, 0.15) is 17.7 Å². The van der Waals surface area contributed by atoms with E-state index in [0.29, 0.717) is 28.3 Å². The summed E-state index contributed by atoms with van der Waals surface area (Å²) in [4.78, 5) is 8.64. The molecule has 0 saturated carbocycles. The van der Waals surface area contributed by atoms with Gasteiger partial charge >= 0.3 is 0 Å². The molecule has 2 N–H and O–H groups in total. The molecule has 0 spiro atoms. The van der Waals surface area contributed by atoms with Gasteiger partial charge in [0.25, 0.3) is 0 Å². The van der Waals surface area contributed by atoms with Crippen molar-refractivity contribution in [2.24, 2.45) is 5.10 Å². The molecule has 7 nitrogen and oxygen atoms in total. The monoisotopic (exact) mass is 424 g/mol. The quantitative estimate of drug-likeness (QED) is 0.395. The highest BCUT2D eigenvalue weighted by Gasteiger charge is 2.10. The topological polar surface area (TPSA) is 92.8 Å². The van der Waals surface area contributed by atoms with Gasteiger partial charge in [-0.2, -0.15) is 5.10 Å². The molecule has 0 unspecified atom stereocenters. The van der Waals surface area contributed by atoms with Crippen molar-refractivity contribution >= 4 is 27.7 Å². The lowest BCUT2D eigenvalue weighted by Gasteiger charge is -2.09. The lowest BCUT2D eigenvalue weighted by atomic mass is 10.1. The zero-order valence-electron chi connectivity index (χ0n) is 17.5. The maximum Gasteiger partial charge on any atom is 0.161 e. The third-order valence-electron chi connectivity index (χ3n) is 5.19. The van der Waals surface area contributed by atoms with Crippen LogP contribution in [0, 0.1) is 6.92 Å². The molecule has 0 fully saturated rings. The fourth-order valence-corrected chi connectivity index (χ4v) is 3.55. The number of nitrogens with zero attached hydrogens (tertiary/aromatic N) is 3. The molecule has 0 aliphatic heterocycles. The number of aromatic nitrogens is 2. The lowest BCUT2D eigenvalue weighted by molar-refractivity contribution is 0.373. The molecule has 0 bridgehead atoms. The first-order valence-electron chi connectivity index (χ1n) is 10.0. The molecule has 32 heavy (non-hydrogen) atoms. The molecular weight excluding hydrogens is 404 g/mol. The van der Waals surface area contributed by atoms with Gasteiger partial charge in [-0.1, -0.05) is 18.2 Å². The molecule has 0 atom stereocenters. The lowest BCUT2D eigenvalue weighted by Crippen LogP contribution is -2.08. The predicted octanol–water partition coefficient (Wildman–Crippen LogP) is 4.99. The van der Waals surface area contributed by atoms with E-state index in [1.54, 1.807) is 18.2 Å². The van der Waals surface area contributed by atoms with Gasteiger partial charge in [-0.3, -0.25) is 5.43 Å². The molecule has 0 aliphatic carbocycles. The standard InChI is InChI=1S/C25H20N4O3/c1-15-7-9-17-20(28-29-25-18-5-3-4-6-19(18)26-14-27-25)13-22(32-23(17)11-15)16-8-10-21(30)24(12-16)31-2/h3-14,30H,1-2H3,(H,26,27,29)/b28-20+. The van der Waals surface area contributed by atoms with Crippen LogP contribution in [0.25, 0.3) is 33.2 Å². The Labute approximate surface area is 183 Å². The summed E-state index contributed by atoms with van der Waals surface area (Å²) in [7, 11) is 1.51. The fraction of sp³-hybridized carbons (Fsp3) is 0.0800. The summed E-state index contributed by atoms with van der Waals surface area (Å²) in [5, 5.41) is 17.0. The van der Waals surface area contributed by atoms with Crippen molar-refractivity contribution in [1.29, 1.82) is 0 Å². The number of fused-ring (bicyclic) bond motifs is 2. The van der Waals surface area contributed by atoms with Crippen molar-refractivity contribution < 1.29 is 14.3 Å². The number of aromatic hydroxyl groups is 1. The third kappa shape index (κ3) is 3.60. The molecule has 0 aliphatic rings. The van der Waals surface area contributed by atoms with Gasteiger partial charge < -0.3 is 14.3 Å². The highest BCUT2D eigenvalue weighted by molar-refractivity contribution is 5.88. The van der Waals surface area contributed by atoms with Crippen LogP contribution < -0.4 is 15.5 Å². The second-order valence-electron chi connectivity index (χ2n) is 7.35. The zero-order valence-corrected chi connectivity index (χ0v) is 17.5. The highest BCUT2D eigenvalue weighted by atomic mass is 16.5. The summed E-state index contributed by atoms with van der Waals surface area (Å²) < 4.78 is 11.4. The van der Waals surface area contributed by atoms with E-state index in [4.69, 9.17) is 9.15 Å². The van der Waals surface area contributed by atoms with Crippen LogP contribution in [0.15, 0.2) is 82.6 Å². The number of phenols is 1. The molecule has 0 amide bonds. The second kappa shape index (κ2) is 8.03. The first kappa shape index (κ1) is 19.6. The number of para-hydroxylation sites is 1. The number of hydrogen-bond donors (Lipinski definition) is 2. The number of ether oxygens (including phenoxy) is 1. The van der Waals surface area contributed by atoms with E-state index in [1.807, 2.05) is 55.5 Å². The summed E-state index contributed by atoms with van der Waals surface area (Å²) in [6.45, 7) is 2.01. The number of nitrogens with one attached hydrogen (secondary N) is 1. The number of phenolic OH excluding ortho intramolecular Hbond substituents is 1. The smallest absolute Gasteiger partial charge is 0.161 e. The molecule has 5 rings (SSSR count). The Morgan fingerprint density at radius 3 is 2.72 bits per heavy atom. The summed E-state index contributed by atoms with van der Waals surface area (Å²) in [5.74, 6) is 1.64. The van der Waals surface area contributed by atoms with Crippen molar-refractivity contribution in [2.75, 3.05) is 12.5 Å². The average molecular weight is 424 g/mol. The number of rotatable bonds is 4. The number of hydrogen-bond acceptors (Lipinski definition) is 7. The van der Waals surface area contributed by atoms with Gasteiger partial charge in [0, 0.05) is 22.4 Å². The molecule has 158 valence electrons. The normalized spacial score (nSPS) is 11.8. The van der Waals surface area contributed by atoms with Crippen LogP contribution in [-0.2, 0) is 0 Å². The van der Waals surface area contributed by atoms with Gasteiger partial charge in [0.15, 0.2) is 17.3 Å². The third-order valence-corrected chi connectivity index (χ3v) is 5.19. The summed E-state index contributed by atoms with van der Waals surface area (Å²) in [5.41, 5.74) is 6.45. The summed E-state index contributed by atoms with van der Waals surface area (Å²) in [6, 6.07) is 20.6. The molecule has 2 heterocycles. The first-order chi connectivity index (χ1) is 15.6. The van der Waals surface area contributed by atoms with Crippen molar-refractivity contribution in [3.8, 4) is 22.8 Å². The minimum Gasteiger partial charge on any atom is -0.504 e. The van der Waals surface area contributed by atoms with Crippen LogP contribution in [0.5, 0.6) is 11.5 Å². The van der Waals surface area contributed by atoms with Crippen LogP contribution in [0.2, 0.25) is 0 Å². The average Bonchev–Trinajstić information content (AvgIpc) is 2.82. The molecule has 3 aromatic carbocycles. The predicted molar refractivity (Wildman–Crippen MR) is 123 cm³/mol. The zero-order chi connectivity index (χ0) is 22.1. The van der Waals surface area contributed by atoms with Crippen LogP contribution in [0.4, 0.5) is 5.82 Å². The van der Waals surface area contributed by atoms with Crippen molar-refractivity contribution in [3.05, 3.63) is 84.0 Å². The Hall–Kier alpha value is -4.39. The van der Waals surface area contributed by atoms with Crippen LogP contribution >= 0.6 is 0 Å². The SMILES string of the molecule is COc1cc(-c2c/c(=N\Nc3ncnc4ccccc34)c3ccc(C)cc3o2)ccc1O. The van der Waals surface area contributed by atoms with E-state index in [9.17, 15) is 5.11 Å². The van der Waals surface area contributed by atoms with E-state index in [1.165, 1.54) is 13.4 Å². The van der Waals surface area contributed by atoms with E-state index in [0.717, 1.165) is 27.4 Å². The molecule has 7 heteroatoms. The largest absolute Gasteiger partial charge is 0.504 e. The van der Waals surface area contributed by atoms with Gasteiger partial charge in [-0.25, -0.2) is 9.97 Å². The Kier molecular flexibility index (Phi) is 4.91. The second-order valence-corrected chi connectivity index (χ2v) is 7.35. The Balaban J connectivity index is 1.68. The van der Waals surface area contributed by atoms with Crippen LogP contribution in [0.3, 0.4) is 0 Å². The first-order valence-corrected chi connectivity index (χ1v) is 10.0. The Morgan fingerprint density at radius 1 is 0.969 bits per heavy atom. The number of benzene rings is 3. The van der Waals surface area contributed by atoms with E-state index >= 15 is 0 Å². The van der Waals surface area contributed by atoms with Crippen molar-refractivity contribution in [3.63, 3.8) is 0 Å². The minimum atomic E-state index is 0.0649. The minimum absolute atomic E-state index is 0.0649. The van der Waals surface area contributed by atoms with Gasteiger partial charge in [-0.15, -0.1) is 0 Å². The van der Waals surface area contributed by atoms with Gasteiger partial charge in [0.05, 0.1) is 18.0 Å².